The van der Waals surface area contributed by atoms with Gasteiger partial charge in [-0.05, 0) is 18.2 Å². The third-order valence-corrected chi connectivity index (χ3v) is 4.96. The van der Waals surface area contributed by atoms with E-state index in [0.717, 1.165) is 12.2 Å². The summed E-state index contributed by atoms with van der Waals surface area (Å²) in [5, 5.41) is 0. The first-order valence-corrected chi connectivity index (χ1v) is 8.07. The molecule has 1 amide bonds. The van der Waals surface area contributed by atoms with Crippen molar-refractivity contribution in [2.45, 2.75) is 32.4 Å². The number of rotatable bonds is 4. The highest BCUT2D eigenvalue weighted by atomic mass is 16.5. The summed E-state index contributed by atoms with van der Waals surface area (Å²) in [4.78, 5) is 28.3. The molecule has 24 heavy (non-hydrogen) atoms. The number of benzene rings is 1. The summed E-state index contributed by atoms with van der Waals surface area (Å²) < 4.78 is 6.06. The van der Waals surface area contributed by atoms with E-state index in [-0.39, 0.29) is 29.0 Å². The van der Waals surface area contributed by atoms with Crippen molar-refractivity contribution in [1.82, 2.24) is 9.88 Å². The smallest absolute Gasteiger partial charge is 0.254 e. The molecular formula is C19H22N2O3. The van der Waals surface area contributed by atoms with E-state index in [1.54, 1.807) is 18.0 Å². The highest BCUT2D eigenvalue weighted by Gasteiger charge is 2.52. The van der Waals surface area contributed by atoms with E-state index in [2.05, 4.69) is 18.8 Å². The first-order chi connectivity index (χ1) is 11.4. The number of aromatic nitrogens is 1. The first kappa shape index (κ1) is 16.3. The lowest BCUT2D eigenvalue weighted by Gasteiger charge is -2.54. The number of hydrogen-bond donors (Lipinski definition) is 1. The highest BCUT2D eigenvalue weighted by molar-refractivity contribution is 5.94. The zero-order chi connectivity index (χ0) is 17.3. The molecule has 0 unspecified atom stereocenters. The topological polar surface area (TPSA) is 62.4 Å². The largest absolute Gasteiger partial charge is 0.490 e. The minimum atomic E-state index is -0.271. The lowest BCUT2D eigenvalue weighted by atomic mass is 9.63. The molecule has 5 nitrogen and oxygen atoms in total. The van der Waals surface area contributed by atoms with E-state index >= 15 is 0 Å². The molecule has 1 saturated carbocycles. The van der Waals surface area contributed by atoms with Gasteiger partial charge in [-0.3, -0.25) is 9.59 Å². The number of ether oxygens (including phenoxy) is 1. The molecule has 0 bridgehead atoms. The number of H-pyrrole nitrogens is 1. The van der Waals surface area contributed by atoms with Crippen molar-refractivity contribution in [3.63, 3.8) is 0 Å². The van der Waals surface area contributed by atoms with Crippen LogP contribution in [0.4, 0.5) is 0 Å². The van der Waals surface area contributed by atoms with Gasteiger partial charge in [-0.1, -0.05) is 32.0 Å². The number of carbonyl (C=O) groups is 1. The van der Waals surface area contributed by atoms with Crippen molar-refractivity contribution >= 4 is 5.91 Å². The summed E-state index contributed by atoms with van der Waals surface area (Å²) in [6.45, 7) is 4.21. The zero-order valence-electron chi connectivity index (χ0n) is 14.2. The van der Waals surface area contributed by atoms with Crippen LogP contribution in [-0.2, 0) is 0 Å². The van der Waals surface area contributed by atoms with Gasteiger partial charge < -0.3 is 14.6 Å². The number of carbonyl (C=O) groups excluding carboxylic acids is 1. The van der Waals surface area contributed by atoms with Gasteiger partial charge in [-0.2, -0.15) is 0 Å². The molecule has 0 radical (unpaired) electrons. The van der Waals surface area contributed by atoms with Crippen LogP contribution in [0.2, 0.25) is 0 Å². The van der Waals surface area contributed by atoms with Crippen LogP contribution < -0.4 is 10.3 Å². The van der Waals surface area contributed by atoms with Gasteiger partial charge >= 0.3 is 0 Å². The Kier molecular flexibility index (Phi) is 4.18. The van der Waals surface area contributed by atoms with Crippen LogP contribution in [0.15, 0.2) is 53.5 Å². The Bertz CT molecular complexity index is 782. The zero-order valence-corrected chi connectivity index (χ0v) is 14.2. The van der Waals surface area contributed by atoms with Crippen LogP contribution >= 0.6 is 0 Å². The second-order valence-corrected chi connectivity index (χ2v) is 6.85. The molecule has 2 aromatic rings. The quantitative estimate of drug-likeness (QED) is 0.939. The summed E-state index contributed by atoms with van der Waals surface area (Å²) in [6, 6.07) is 12.8. The van der Waals surface area contributed by atoms with Gasteiger partial charge in [-0.15, -0.1) is 0 Å². The van der Waals surface area contributed by atoms with Gasteiger partial charge in [0, 0.05) is 42.8 Å². The van der Waals surface area contributed by atoms with Gasteiger partial charge in [0.25, 0.3) is 5.91 Å². The Labute approximate surface area is 141 Å². The lowest BCUT2D eigenvalue weighted by Crippen LogP contribution is -2.63. The molecular weight excluding hydrogens is 304 g/mol. The van der Waals surface area contributed by atoms with E-state index in [4.69, 9.17) is 4.74 Å². The van der Waals surface area contributed by atoms with Gasteiger partial charge in [0.15, 0.2) is 0 Å². The Hall–Kier alpha value is -2.56. The van der Waals surface area contributed by atoms with E-state index in [1.807, 2.05) is 30.3 Å². The maximum Gasteiger partial charge on any atom is 0.254 e. The molecule has 0 aliphatic heterocycles. The summed E-state index contributed by atoms with van der Waals surface area (Å²) >= 11 is 0. The second-order valence-electron chi connectivity index (χ2n) is 6.85. The number of pyridine rings is 1. The van der Waals surface area contributed by atoms with Crippen LogP contribution in [0.5, 0.6) is 5.75 Å². The molecule has 5 heteroatoms. The van der Waals surface area contributed by atoms with Crippen molar-refractivity contribution in [2.24, 2.45) is 5.41 Å². The number of amides is 1. The average molecular weight is 326 g/mol. The monoisotopic (exact) mass is 326 g/mol. The molecule has 3 rings (SSSR count). The first-order valence-electron chi connectivity index (χ1n) is 8.07. The maximum atomic E-state index is 12.6. The lowest BCUT2D eigenvalue weighted by molar-refractivity contribution is -0.0886. The van der Waals surface area contributed by atoms with Crippen molar-refractivity contribution in [1.29, 1.82) is 0 Å². The minimum absolute atomic E-state index is 0.0549. The van der Waals surface area contributed by atoms with E-state index < -0.39 is 0 Å². The Morgan fingerprint density at radius 2 is 1.96 bits per heavy atom. The van der Waals surface area contributed by atoms with Crippen molar-refractivity contribution < 1.29 is 9.53 Å². The average Bonchev–Trinajstić information content (AvgIpc) is 2.58. The van der Waals surface area contributed by atoms with E-state index in [0.29, 0.717) is 5.56 Å². The van der Waals surface area contributed by atoms with E-state index in [9.17, 15) is 9.59 Å². The molecule has 126 valence electrons. The van der Waals surface area contributed by atoms with Gasteiger partial charge in [0.05, 0.1) is 0 Å². The molecule has 1 aliphatic carbocycles. The third-order valence-electron chi connectivity index (χ3n) is 4.96. The van der Waals surface area contributed by atoms with Gasteiger partial charge in [0.1, 0.15) is 11.9 Å². The molecule has 1 fully saturated rings. The minimum Gasteiger partial charge on any atom is -0.490 e. The number of nitrogens with one attached hydrogen (secondary N) is 1. The summed E-state index contributed by atoms with van der Waals surface area (Å²) in [5.74, 6) is 0.704. The molecule has 0 saturated heterocycles. The van der Waals surface area contributed by atoms with Gasteiger partial charge in [-0.25, -0.2) is 0 Å². The van der Waals surface area contributed by atoms with Crippen LogP contribution in [-0.4, -0.2) is 35.0 Å². The molecule has 1 aromatic heterocycles. The maximum absolute atomic E-state index is 12.6. The second kappa shape index (κ2) is 6.15. The third kappa shape index (κ3) is 2.94. The molecule has 0 spiro atoms. The summed E-state index contributed by atoms with van der Waals surface area (Å²) in [6.07, 6.45) is 2.32. The summed E-state index contributed by atoms with van der Waals surface area (Å²) in [7, 11) is 1.79. The molecule has 2 atom stereocenters. The van der Waals surface area contributed by atoms with Crippen LogP contribution in [0, 0.1) is 5.41 Å². The van der Waals surface area contributed by atoms with Crippen molar-refractivity contribution in [3.05, 3.63) is 64.6 Å². The number of aromatic amines is 1. The Morgan fingerprint density at radius 1 is 1.25 bits per heavy atom. The fourth-order valence-corrected chi connectivity index (χ4v) is 3.31. The number of hydrogen-bond acceptors (Lipinski definition) is 3. The molecule has 1 aromatic carbocycles. The number of para-hydroxylation sites is 1. The van der Waals surface area contributed by atoms with Crippen LogP contribution in [0.3, 0.4) is 0 Å². The van der Waals surface area contributed by atoms with Crippen LogP contribution in [0.25, 0.3) is 0 Å². The summed E-state index contributed by atoms with van der Waals surface area (Å²) in [5.41, 5.74) is -0.0292. The fourth-order valence-electron chi connectivity index (χ4n) is 3.31. The van der Waals surface area contributed by atoms with Gasteiger partial charge in [0.2, 0.25) is 5.56 Å². The normalized spacial score (nSPS) is 21.6. The predicted molar refractivity (Wildman–Crippen MR) is 92.2 cm³/mol. The molecule has 1 aliphatic rings. The van der Waals surface area contributed by atoms with Crippen molar-refractivity contribution in [3.8, 4) is 5.75 Å². The number of nitrogens with zero attached hydrogens (tertiary/aromatic N) is 1. The fraction of sp³-hybridized carbons (Fsp3) is 0.368. The van der Waals surface area contributed by atoms with E-state index in [1.165, 1.54) is 12.3 Å². The van der Waals surface area contributed by atoms with Crippen molar-refractivity contribution in [2.75, 3.05) is 7.05 Å². The standard InChI is InChI=1S/C19H22N2O3/c1-19(2)15(12-16(19)24-14-7-5-4-6-8-14)21(3)18(23)13-9-10-20-17(22)11-13/h4-11,15-16H,12H2,1-3H3,(H,20,22)/t15-,16-/m0/s1. The highest BCUT2D eigenvalue weighted by Crippen LogP contribution is 2.45. The predicted octanol–water partition coefficient (Wildman–Crippen LogP) is 2.69. The SMILES string of the molecule is CN(C(=O)c1cc[nH]c(=O)c1)[C@H]1C[C@H](Oc2ccccc2)C1(C)C. The Balaban J connectivity index is 1.70. The Morgan fingerprint density at radius 3 is 2.58 bits per heavy atom. The molecule has 1 N–H and O–H groups in total. The molecule has 1 heterocycles. The van der Waals surface area contributed by atoms with Crippen LogP contribution in [0.1, 0.15) is 30.6 Å².